The van der Waals surface area contributed by atoms with E-state index in [9.17, 15) is 9.59 Å². The number of piperazine rings is 1. The number of anilines is 1. The zero-order valence-electron chi connectivity index (χ0n) is 19.7. The van der Waals surface area contributed by atoms with Gasteiger partial charge in [0.15, 0.2) is 11.5 Å². The lowest BCUT2D eigenvalue weighted by atomic mass is 10.0. The summed E-state index contributed by atoms with van der Waals surface area (Å²) in [4.78, 5) is 33.1. The summed E-state index contributed by atoms with van der Waals surface area (Å²) in [6, 6.07) is 10.7. The number of methoxy groups -OCH3 is 3. The Labute approximate surface area is 193 Å². The molecule has 0 N–H and O–H groups in total. The van der Waals surface area contributed by atoms with Crippen LogP contribution < -0.4 is 19.1 Å². The summed E-state index contributed by atoms with van der Waals surface area (Å²) in [6.07, 6.45) is 0. The average Bonchev–Trinajstić information content (AvgIpc) is 3.08. The molecule has 0 bridgehead atoms. The molecule has 8 heteroatoms. The first kappa shape index (κ1) is 22.7. The van der Waals surface area contributed by atoms with Crippen molar-refractivity contribution in [1.29, 1.82) is 0 Å². The molecule has 174 valence electrons. The van der Waals surface area contributed by atoms with Crippen molar-refractivity contribution in [3.8, 4) is 17.2 Å². The van der Waals surface area contributed by atoms with Crippen LogP contribution in [0.1, 0.15) is 11.1 Å². The van der Waals surface area contributed by atoms with Gasteiger partial charge in [-0.3, -0.25) is 9.59 Å². The first-order valence-electron chi connectivity index (χ1n) is 10.8. The van der Waals surface area contributed by atoms with E-state index in [1.807, 2.05) is 24.9 Å². The van der Waals surface area contributed by atoms with Gasteiger partial charge in [-0.2, -0.15) is 0 Å². The fourth-order valence-electron chi connectivity index (χ4n) is 4.29. The molecule has 33 heavy (non-hydrogen) atoms. The summed E-state index contributed by atoms with van der Waals surface area (Å²) in [7, 11) is 6.68. The number of nitrogens with zero attached hydrogens (tertiary/aromatic N) is 3. The minimum absolute atomic E-state index is 0.349. The summed E-state index contributed by atoms with van der Waals surface area (Å²) in [5.41, 5.74) is 2.73. The van der Waals surface area contributed by atoms with Gasteiger partial charge >= 0.3 is 0 Å². The highest BCUT2D eigenvalue weighted by atomic mass is 16.5. The number of likely N-dealkylation sites (N-methyl/N-ethyl adjacent to an activating group) is 1. The molecule has 0 radical (unpaired) electrons. The van der Waals surface area contributed by atoms with Crippen LogP contribution in [0.3, 0.4) is 0 Å². The zero-order valence-corrected chi connectivity index (χ0v) is 19.7. The van der Waals surface area contributed by atoms with Gasteiger partial charge in [0.25, 0.3) is 11.8 Å². The van der Waals surface area contributed by atoms with Crippen LogP contribution in [-0.4, -0.2) is 76.2 Å². The number of carbonyl (C=O) groups is 2. The molecule has 0 spiro atoms. The Morgan fingerprint density at radius 2 is 1.39 bits per heavy atom. The van der Waals surface area contributed by atoms with Gasteiger partial charge in [0.1, 0.15) is 11.4 Å². The van der Waals surface area contributed by atoms with E-state index in [-0.39, 0.29) is 11.8 Å². The second kappa shape index (κ2) is 9.15. The van der Waals surface area contributed by atoms with Crippen molar-refractivity contribution in [3.63, 3.8) is 0 Å². The number of imide groups is 1. The predicted octanol–water partition coefficient (Wildman–Crippen LogP) is 2.55. The number of amides is 2. The number of carbonyl (C=O) groups excluding carboxylic acids is 2. The Bertz CT molecular complexity index is 1120. The van der Waals surface area contributed by atoms with E-state index in [4.69, 9.17) is 14.2 Å². The normalized spacial score (nSPS) is 17.1. The molecule has 0 saturated carbocycles. The largest absolute Gasteiger partial charge is 0.495 e. The minimum Gasteiger partial charge on any atom is -0.495 e. The van der Waals surface area contributed by atoms with Crippen LogP contribution in [0.4, 0.5) is 5.69 Å². The van der Waals surface area contributed by atoms with Crippen LogP contribution >= 0.6 is 0 Å². The van der Waals surface area contributed by atoms with E-state index in [1.165, 1.54) is 12.0 Å². The van der Waals surface area contributed by atoms with E-state index in [2.05, 4.69) is 4.90 Å². The number of hydrogen-bond donors (Lipinski definition) is 0. The molecule has 2 amide bonds. The Morgan fingerprint density at radius 1 is 0.758 bits per heavy atom. The molecular weight excluding hydrogens is 422 g/mol. The quantitative estimate of drug-likeness (QED) is 0.625. The Balaban J connectivity index is 1.87. The maximum absolute atomic E-state index is 13.9. The number of ether oxygens (including phenoxy) is 3. The summed E-state index contributed by atoms with van der Waals surface area (Å²) >= 11 is 0. The monoisotopic (exact) mass is 451 g/mol. The first-order valence-corrected chi connectivity index (χ1v) is 10.8. The van der Waals surface area contributed by atoms with Gasteiger partial charge in [-0.15, -0.1) is 0 Å². The van der Waals surface area contributed by atoms with E-state index >= 15 is 0 Å². The lowest BCUT2D eigenvalue weighted by Crippen LogP contribution is -2.46. The molecule has 0 atom stereocenters. The van der Waals surface area contributed by atoms with Gasteiger partial charge in [0.05, 0.1) is 32.6 Å². The van der Waals surface area contributed by atoms with Crippen molar-refractivity contribution in [1.82, 2.24) is 9.80 Å². The first-order chi connectivity index (χ1) is 15.9. The van der Waals surface area contributed by atoms with Gasteiger partial charge in [0.2, 0.25) is 0 Å². The highest BCUT2D eigenvalue weighted by Crippen LogP contribution is 2.41. The molecule has 1 saturated heterocycles. The van der Waals surface area contributed by atoms with Crippen LogP contribution in [0.5, 0.6) is 17.2 Å². The topological polar surface area (TPSA) is 71.5 Å². The third kappa shape index (κ3) is 4.02. The Hall–Kier alpha value is -3.52. The van der Waals surface area contributed by atoms with E-state index < -0.39 is 0 Å². The summed E-state index contributed by atoms with van der Waals surface area (Å²) < 4.78 is 16.3. The second-order valence-corrected chi connectivity index (χ2v) is 8.20. The number of benzene rings is 2. The second-order valence-electron chi connectivity index (χ2n) is 8.20. The van der Waals surface area contributed by atoms with Crippen molar-refractivity contribution in [3.05, 3.63) is 53.2 Å². The lowest BCUT2D eigenvalue weighted by Gasteiger charge is -2.34. The van der Waals surface area contributed by atoms with Gasteiger partial charge < -0.3 is 24.0 Å². The van der Waals surface area contributed by atoms with Gasteiger partial charge in [-0.05, 0) is 49.4 Å². The van der Waals surface area contributed by atoms with E-state index in [0.29, 0.717) is 52.9 Å². The van der Waals surface area contributed by atoms with Crippen molar-refractivity contribution in [2.45, 2.75) is 6.92 Å². The van der Waals surface area contributed by atoms with Crippen LogP contribution in [0.2, 0.25) is 0 Å². The molecule has 2 aromatic carbocycles. The highest BCUT2D eigenvalue weighted by molar-refractivity contribution is 6.45. The average molecular weight is 452 g/mol. The summed E-state index contributed by atoms with van der Waals surface area (Å²) in [6.45, 7) is 4.83. The van der Waals surface area contributed by atoms with Crippen molar-refractivity contribution >= 4 is 23.1 Å². The van der Waals surface area contributed by atoms with E-state index in [0.717, 1.165) is 18.7 Å². The van der Waals surface area contributed by atoms with Gasteiger partial charge in [-0.25, -0.2) is 4.90 Å². The zero-order chi connectivity index (χ0) is 23.7. The van der Waals surface area contributed by atoms with Crippen molar-refractivity contribution < 1.29 is 23.8 Å². The third-order valence-electron chi connectivity index (χ3n) is 6.13. The van der Waals surface area contributed by atoms with Crippen molar-refractivity contribution in [2.75, 3.05) is 59.5 Å². The fraction of sp³-hybridized carbons (Fsp3) is 0.360. The molecule has 0 aliphatic carbocycles. The SMILES string of the molecule is COc1ccc(C2=C(N3CCN(C)CC3)C(=O)N(c3cc(C)ccc3OC)C2=O)cc1OC. The van der Waals surface area contributed by atoms with Crippen LogP contribution in [0.15, 0.2) is 42.1 Å². The molecule has 2 heterocycles. The molecule has 2 aliphatic rings. The van der Waals surface area contributed by atoms with Crippen LogP contribution in [-0.2, 0) is 9.59 Å². The molecule has 4 rings (SSSR count). The number of rotatable bonds is 6. The summed E-state index contributed by atoms with van der Waals surface area (Å²) in [5.74, 6) is 0.779. The number of aryl methyl sites for hydroxylation is 1. The Morgan fingerprint density at radius 3 is 2.03 bits per heavy atom. The standard InChI is InChI=1S/C25H29N3O5/c1-16-6-8-19(31-3)18(14-16)28-24(29)22(17-7-9-20(32-4)21(15-17)33-5)23(25(28)30)27-12-10-26(2)11-13-27/h6-9,14-15H,10-13H2,1-5H3. The molecule has 0 unspecified atom stereocenters. The maximum Gasteiger partial charge on any atom is 0.282 e. The molecule has 8 nitrogen and oxygen atoms in total. The van der Waals surface area contributed by atoms with Crippen LogP contribution in [0.25, 0.3) is 5.57 Å². The summed E-state index contributed by atoms with van der Waals surface area (Å²) in [5, 5.41) is 0. The Kier molecular flexibility index (Phi) is 6.29. The fourth-order valence-corrected chi connectivity index (χ4v) is 4.29. The molecule has 2 aliphatic heterocycles. The predicted molar refractivity (Wildman–Crippen MR) is 126 cm³/mol. The molecule has 2 aromatic rings. The minimum atomic E-state index is -0.384. The van der Waals surface area contributed by atoms with Crippen LogP contribution in [0, 0.1) is 6.92 Å². The maximum atomic E-state index is 13.9. The van der Waals surface area contributed by atoms with Crippen molar-refractivity contribution in [2.24, 2.45) is 0 Å². The number of hydrogen-bond acceptors (Lipinski definition) is 7. The van der Waals surface area contributed by atoms with Gasteiger partial charge in [-0.1, -0.05) is 12.1 Å². The lowest BCUT2D eigenvalue weighted by molar-refractivity contribution is -0.120. The third-order valence-corrected chi connectivity index (χ3v) is 6.13. The van der Waals surface area contributed by atoms with E-state index in [1.54, 1.807) is 44.6 Å². The molecule has 1 fully saturated rings. The van der Waals surface area contributed by atoms with Gasteiger partial charge in [0, 0.05) is 26.2 Å². The molecule has 0 aromatic heterocycles. The smallest absolute Gasteiger partial charge is 0.282 e. The molecular formula is C25H29N3O5. The highest BCUT2D eigenvalue weighted by Gasteiger charge is 2.44.